The van der Waals surface area contributed by atoms with Gasteiger partial charge in [-0.15, -0.1) is 0 Å². The zero-order chi connectivity index (χ0) is 30.5. The number of hydrogen-bond acceptors (Lipinski definition) is 7. The minimum Gasteiger partial charge on any atom is -0.324 e. The van der Waals surface area contributed by atoms with Crippen molar-refractivity contribution in [3.8, 4) is 22.4 Å². The van der Waals surface area contributed by atoms with E-state index in [0.29, 0.717) is 29.6 Å². The summed E-state index contributed by atoms with van der Waals surface area (Å²) in [5.41, 5.74) is 8.15. The molecule has 43 heavy (non-hydrogen) atoms. The quantitative estimate of drug-likeness (QED) is 0.230. The third kappa shape index (κ3) is 6.49. The molecule has 1 N–H and O–H groups in total. The molecular formula is C35H41N7O. The van der Waals surface area contributed by atoms with E-state index >= 15 is 0 Å². The highest BCUT2D eigenvalue weighted by Crippen LogP contribution is 2.30. The summed E-state index contributed by atoms with van der Waals surface area (Å²) in [5.74, 6) is 1.08. The fourth-order valence-electron chi connectivity index (χ4n) is 5.75. The molecule has 6 rings (SSSR count). The summed E-state index contributed by atoms with van der Waals surface area (Å²) in [6.07, 6.45) is 5.75. The molecule has 1 fully saturated rings. The molecule has 4 heterocycles. The average Bonchev–Trinajstić information content (AvgIpc) is 3.03. The summed E-state index contributed by atoms with van der Waals surface area (Å²) in [6.45, 7) is 12.7. The van der Waals surface area contributed by atoms with Crippen LogP contribution in [0.25, 0.3) is 33.4 Å². The van der Waals surface area contributed by atoms with E-state index < -0.39 is 0 Å². The Morgan fingerprint density at radius 3 is 2.33 bits per heavy atom. The predicted octanol–water partition coefficient (Wildman–Crippen LogP) is 7.13. The van der Waals surface area contributed by atoms with Crippen LogP contribution in [0.2, 0.25) is 0 Å². The number of nitrogens with one attached hydrogen (secondary N) is 1. The van der Waals surface area contributed by atoms with Gasteiger partial charge in [0.25, 0.3) is 5.56 Å². The maximum Gasteiger partial charge on any atom is 0.260 e. The molecule has 1 aliphatic heterocycles. The Labute approximate surface area is 253 Å². The first kappa shape index (κ1) is 30.0. The van der Waals surface area contributed by atoms with Crippen molar-refractivity contribution in [1.82, 2.24) is 29.4 Å². The van der Waals surface area contributed by atoms with E-state index in [9.17, 15) is 4.79 Å². The highest BCUT2D eigenvalue weighted by atomic mass is 16.1. The van der Waals surface area contributed by atoms with Crippen molar-refractivity contribution in [2.75, 3.05) is 25.5 Å². The largest absolute Gasteiger partial charge is 0.324 e. The van der Waals surface area contributed by atoms with Crippen LogP contribution >= 0.6 is 0 Å². The lowest BCUT2D eigenvalue weighted by molar-refractivity contribution is 0.255. The van der Waals surface area contributed by atoms with Crippen molar-refractivity contribution >= 4 is 22.7 Å². The Morgan fingerprint density at radius 2 is 1.65 bits per heavy atom. The minimum atomic E-state index is -0.0686. The number of fused-ring (bicyclic) bond motifs is 1. The first-order valence-electron chi connectivity index (χ1n) is 15.3. The van der Waals surface area contributed by atoms with E-state index in [1.165, 1.54) is 18.4 Å². The van der Waals surface area contributed by atoms with Crippen molar-refractivity contribution in [3.63, 3.8) is 0 Å². The smallest absolute Gasteiger partial charge is 0.260 e. The summed E-state index contributed by atoms with van der Waals surface area (Å²) < 4.78 is 1.72. The van der Waals surface area contributed by atoms with Gasteiger partial charge in [-0.25, -0.2) is 15.0 Å². The van der Waals surface area contributed by atoms with Crippen LogP contribution in [0.3, 0.4) is 0 Å². The summed E-state index contributed by atoms with van der Waals surface area (Å²) in [4.78, 5) is 34.0. The molecule has 0 atom stereocenters. The Morgan fingerprint density at radius 1 is 0.907 bits per heavy atom. The molecule has 1 saturated heterocycles. The number of pyridine rings is 1. The Kier molecular flexibility index (Phi) is 9.26. The van der Waals surface area contributed by atoms with Gasteiger partial charge >= 0.3 is 0 Å². The van der Waals surface area contributed by atoms with Crippen LogP contribution < -0.4 is 10.9 Å². The number of piperidine rings is 1. The summed E-state index contributed by atoms with van der Waals surface area (Å²) >= 11 is 0. The van der Waals surface area contributed by atoms with E-state index in [4.69, 9.17) is 4.98 Å². The monoisotopic (exact) mass is 575 g/mol. The van der Waals surface area contributed by atoms with Gasteiger partial charge in [0.15, 0.2) is 0 Å². The van der Waals surface area contributed by atoms with E-state index in [2.05, 4.69) is 62.5 Å². The van der Waals surface area contributed by atoms with Gasteiger partial charge in [-0.05, 0) is 107 Å². The molecule has 2 aromatic carbocycles. The number of likely N-dealkylation sites (tertiary alicyclic amines) is 1. The molecule has 8 nitrogen and oxygen atoms in total. The van der Waals surface area contributed by atoms with E-state index in [1.54, 1.807) is 17.1 Å². The second-order valence-electron chi connectivity index (χ2n) is 11.0. The number of aromatic nitrogens is 5. The van der Waals surface area contributed by atoms with Crippen LogP contribution in [0, 0.1) is 13.8 Å². The summed E-state index contributed by atoms with van der Waals surface area (Å²) in [5, 5.41) is 4.15. The molecule has 3 aromatic heterocycles. The van der Waals surface area contributed by atoms with Gasteiger partial charge in [0.1, 0.15) is 12.0 Å². The van der Waals surface area contributed by atoms with Gasteiger partial charge in [0.05, 0.1) is 5.69 Å². The third-order valence-electron chi connectivity index (χ3n) is 8.12. The number of benzene rings is 2. The fraction of sp³-hybridized carbons (Fsp3) is 0.343. The molecular weight excluding hydrogens is 534 g/mol. The lowest BCUT2D eigenvalue weighted by Crippen LogP contribution is -2.29. The van der Waals surface area contributed by atoms with Crippen molar-refractivity contribution in [3.05, 3.63) is 94.3 Å². The van der Waals surface area contributed by atoms with Crippen LogP contribution in [-0.4, -0.2) is 49.5 Å². The SMILES string of the molecule is CC.CCn1c(=O)c(-c2ccc(-c3cc(C)ncn3)cc2C)cc2cnc(Nc3ccc(C4CCN(C)CC4)cc3)nc21. The van der Waals surface area contributed by atoms with Crippen LogP contribution in [0.4, 0.5) is 11.6 Å². The zero-order valence-electron chi connectivity index (χ0n) is 26.1. The van der Waals surface area contributed by atoms with Crippen molar-refractivity contribution < 1.29 is 0 Å². The number of rotatable bonds is 6. The van der Waals surface area contributed by atoms with Gasteiger partial charge in [-0.2, -0.15) is 4.98 Å². The Balaban J connectivity index is 0.00000180. The van der Waals surface area contributed by atoms with Gasteiger partial charge in [-0.1, -0.05) is 38.1 Å². The normalized spacial score (nSPS) is 13.9. The van der Waals surface area contributed by atoms with E-state index in [0.717, 1.165) is 52.2 Å². The Bertz CT molecular complexity index is 1770. The van der Waals surface area contributed by atoms with Gasteiger partial charge in [0.2, 0.25) is 5.95 Å². The highest BCUT2D eigenvalue weighted by Gasteiger charge is 2.19. The topological polar surface area (TPSA) is 88.8 Å². The number of nitrogens with zero attached hydrogens (tertiary/aromatic N) is 6. The second kappa shape index (κ2) is 13.3. The third-order valence-corrected chi connectivity index (χ3v) is 8.12. The number of hydrogen-bond donors (Lipinski definition) is 1. The number of anilines is 2. The molecule has 8 heteroatoms. The molecule has 0 amide bonds. The minimum absolute atomic E-state index is 0.0686. The zero-order valence-corrected chi connectivity index (χ0v) is 26.1. The van der Waals surface area contributed by atoms with Gasteiger partial charge in [-0.3, -0.25) is 9.36 Å². The molecule has 1 aliphatic rings. The summed E-state index contributed by atoms with van der Waals surface area (Å²) in [7, 11) is 2.19. The predicted molar refractivity (Wildman–Crippen MR) is 176 cm³/mol. The second-order valence-corrected chi connectivity index (χ2v) is 11.0. The average molecular weight is 576 g/mol. The maximum atomic E-state index is 13.7. The first-order chi connectivity index (χ1) is 20.9. The van der Waals surface area contributed by atoms with Gasteiger partial charge in [0, 0.05) is 40.6 Å². The number of aryl methyl sites for hydroxylation is 3. The van der Waals surface area contributed by atoms with Gasteiger partial charge < -0.3 is 10.2 Å². The van der Waals surface area contributed by atoms with Crippen LogP contribution in [0.1, 0.15) is 56.4 Å². The lowest BCUT2D eigenvalue weighted by atomic mass is 9.89. The van der Waals surface area contributed by atoms with E-state index in [-0.39, 0.29) is 5.56 Å². The highest BCUT2D eigenvalue weighted by molar-refractivity contribution is 5.83. The maximum absolute atomic E-state index is 13.7. The molecule has 5 aromatic rings. The molecule has 0 spiro atoms. The van der Waals surface area contributed by atoms with Crippen LogP contribution in [-0.2, 0) is 6.54 Å². The molecule has 0 bridgehead atoms. The standard InChI is InChI=1S/C33H35N7O.C2H6/c1-5-40-31-26(18-29(32(40)41)28-11-8-25(16-21(28)2)30-17-22(3)35-20-36-30)19-34-33(38-31)37-27-9-6-23(7-10-27)24-12-14-39(4)15-13-24;1-2/h6-11,16-20,24H,5,12-15H2,1-4H3,(H,34,37,38);1-2H3. The van der Waals surface area contributed by atoms with Crippen molar-refractivity contribution in [1.29, 1.82) is 0 Å². The van der Waals surface area contributed by atoms with Crippen LogP contribution in [0.5, 0.6) is 0 Å². The first-order valence-corrected chi connectivity index (χ1v) is 15.3. The van der Waals surface area contributed by atoms with Crippen molar-refractivity contribution in [2.24, 2.45) is 0 Å². The molecule has 0 saturated carbocycles. The molecule has 0 aliphatic carbocycles. The fourth-order valence-corrected chi connectivity index (χ4v) is 5.75. The van der Waals surface area contributed by atoms with Crippen LogP contribution in [0.15, 0.2) is 71.9 Å². The molecule has 0 radical (unpaired) electrons. The van der Waals surface area contributed by atoms with E-state index in [1.807, 2.05) is 58.9 Å². The molecule has 222 valence electrons. The molecule has 0 unspecified atom stereocenters. The summed E-state index contributed by atoms with van der Waals surface area (Å²) in [6, 6.07) is 18.5. The Hall–Kier alpha value is -4.43. The lowest BCUT2D eigenvalue weighted by Gasteiger charge is -2.29. The van der Waals surface area contributed by atoms with Crippen molar-refractivity contribution in [2.45, 2.75) is 59.9 Å².